The number of nitrogens with one attached hydrogen (secondary N) is 1. The van der Waals surface area contributed by atoms with E-state index >= 15 is 0 Å². The molecule has 0 radical (unpaired) electrons. The molecule has 0 aliphatic heterocycles. The maximum absolute atomic E-state index is 13.5. The Morgan fingerprint density at radius 2 is 1.84 bits per heavy atom. The zero-order valence-electron chi connectivity index (χ0n) is 20.6. The summed E-state index contributed by atoms with van der Waals surface area (Å²) >= 11 is 6.01. The molecular weight excluding hydrogens is 516 g/mol. The summed E-state index contributed by atoms with van der Waals surface area (Å²) in [6.45, 7) is -0.665. The highest BCUT2D eigenvalue weighted by atomic mass is 35.5. The second-order valence-corrected chi connectivity index (χ2v) is 9.86. The largest absolute Gasteiger partial charge is 0.417 e. The summed E-state index contributed by atoms with van der Waals surface area (Å²) in [5, 5.41) is 3.51. The minimum absolute atomic E-state index is 0.0373. The smallest absolute Gasteiger partial charge is 0.388 e. The molecule has 1 fully saturated rings. The molecule has 3 heterocycles. The maximum Gasteiger partial charge on any atom is 0.388 e. The Balaban J connectivity index is 1.30. The number of para-hydroxylation sites is 2. The van der Waals surface area contributed by atoms with Crippen LogP contribution in [0, 0.1) is 12.8 Å². The van der Waals surface area contributed by atoms with E-state index in [0.717, 1.165) is 31.2 Å². The van der Waals surface area contributed by atoms with Crippen LogP contribution >= 0.6 is 11.6 Å². The molecule has 8 nitrogen and oxygen atoms in total. The van der Waals surface area contributed by atoms with Crippen molar-refractivity contribution >= 4 is 28.5 Å². The van der Waals surface area contributed by atoms with Gasteiger partial charge in [0.15, 0.2) is 0 Å². The van der Waals surface area contributed by atoms with Crippen molar-refractivity contribution in [1.29, 1.82) is 0 Å². The number of aromatic nitrogens is 4. The Labute approximate surface area is 222 Å². The molecule has 5 rings (SSSR count). The van der Waals surface area contributed by atoms with E-state index in [4.69, 9.17) is 11.6 Å². The molecule has 3 aromatic heterocycles. The van der Waals surface area contributed by atoms with E-state index < -0.39 is 6.61 Å². The molecule has 0 saturated heterocycles. The van der Waals surface area contributed by atoms with Crippen LogP contribution in [0.3, 0.4) is 0 Å². The van der Waals surface area contributed by atoms with E-state index in [-0.39, 0.29) is 29.4 Å². The van der Waals surface area contributed by atoms with E-state index in [1.54, 1.807) is 17.6 Å². The number of hydrogen-bond donors (Lipinski definition) is 1. The van der Waals surface area contributed by atoms with Crippen molar-refractivity contribution in [2.75, 3.05) is 0 Å². The lowest BCUT2D eigenvalue weighted by Crippen LogP contribution is -2.39. The van der Waals surface area contributed by atoms with Gasteiger partial charge in [0.25, 0.3) is 5.91 Å². The molecule has 1 N–H and O–H groups in total. The second kappa shape index (κ2) is 10.9. The molecule has 1 aliphatic carbocycles. The van der Waals surface area contributed by atoms with Gasteiger partial charge in [-0.2, -0.15) is 8.78 Å². The van der Waals surface area contributed by atoms with Crippen LogP contribution < -0.4 is 15.7 Å². The number of halogens is 3. The van der Waals surface area contributed by atoms with Crippen molar-refractivity contribution in [2.24, 2.45) is 5.92 Å². The van der Waals surface area contributed by atoms with E-state index in [1.807, 2.05) is 24.3 Å². The fraction of sp³-hybridized carbons (Fsp3) is 0.333. The third-order valence-electron chi connectivity index (χ3n) is 6.95. The van der Waals surface area contributed by atoms with Gasteiger partial charge in [0.2, 0.25) is 5.88 Å². The van der Waals surface area contributed by atoms with Crippen LogP contribution in [-0.2, 0) is 6.54 Å². The van der Waals surface area contributed by atoms with Gasteiger partial charge in [0.05, 0.1) is 39.2 Å². The van der Waals surface area contributed by atoms with Crippen LogP contribution in [0.5, 0.6) is 5.88 Å². The summed E-state index contributed by atoms with van der Waals surface area (Å²) in [6, 6.07) is 12.0. The summed E-state index contributed by atoms with van der Waals surface area (Å²) < 4.78 is 32.6. The fourth-order valence-electron chi connectivity index (χ4n) is 5.05. The van der Waals surface area contributed by atoms with Crippen molar-refractivity contribution in [2.45, 2.75) is 51.8 Å². The number of aryl methyl sites for hydroxylation is 1. The van der Waals surface area contributed by atoms with Crippen molar-refractivity contribution in [3.05, 3.63) is 81.6 Å². The molecule has 198 valence electrons. The minimum atomic E-state index is -2.97. The number of carbonyl (C=O) groups excluding carboxylic acids is 1. The molecule has 0 bridgehead atoms. The predicted octanol–water partition coefficient (Wildman–Crippen LogP) is 5.13. The summed E-state index contributed by atoms with van der Waals surface area (Å²) in [4.78, 5) is 34.3. The first-order valence-corrected chi connectivity index (χ1v) is 12.7. The molecule has 38 heavy (non-hydrogen) atoms. The molecule has 1 aliphatic rings. The zero-order valence-corrected chi connectivity index (χ0v) is 21.4. The van der Waals surface area contributed by atoms with Crippen LogP contribution in [0.1, 0.15) is 41.7 Å². The maximum atomic E-state index is 13.5. The van der Waals surface area contributed by atoms with Crippen LogP contribution in [-0.4, -0.2) is 37.7 Å². The highest BCUT2D eigenvalue weighted by molar-refractivity contribution is 6.30. The summed E-state index contributed by atoms with van der Waals surface area (Å²) in [5.74, 6) is -0.139. The number of rotatable bonds is 7. The van der Waals surface area contributed by atoms with Gasteiger partial charge in [0.1, 0.15) is 0 Å². The number of alkyl halides is 2. The quantitative estimate of drug-likeness (QED) is 0.350. The number of imidazole rings is 1. The zero-order chi connectivity index (χ0) is 26.8. The topological polar surface area (TPSA) is 91.0 Å². The molecule has 4 aromatic rings. The summed E-state index contributed by atoms with van der Waals surface area (Å²) in [7, 11) is 0. The molecule has 1 saturated carbocycles. The van der Waals surface area contributed by atoms with E-state index in [1.165, 1.54) is 29.1 Å². The number of fused-ring (bicyclic) bond motifs is 1. The lowest BCUT2D eigenvalue weighted by atomic mass is 9.85. The van der Waals surface area contributed by atoms with Crippen LogP contribution in [0.25, 0.3) is 16.7 Å². The van der Waals surface area contributed by atoms with Gasteiger partial charge in [-0.05, 0) is 62.8 Å². The number of nitrogens with zero attached hydrogens (tertiary/aromatic N) is 4. The number of carbonyl (C=O) groups is 1. The molecule has 1 aromatic carbocycles. The number of pyridine rings is 2. The highest BCUT2D eigenvalue weighted by Crippen LogP contribution is 2.28. The van der Waals surface area contributed by atoms with Crippen molar-refractivity contribution in [3.63, 3.8) is 0 Å². The van der Waals surface area contributed by atoms with E-state index in [2.05, 4.69) is 20.0 Å². The molecule has 0 unspecified atom stereocenters. The van der Waals surface area contributed by atoms with Gasteiger partial charge in [-0.1, -0.05) is 23.7 Å². The lowest BCUT2D eigenvalue weighted by Gasteiger charge is -2.29. The van der Waals surface area contributed by atoms with Crippen LogP contribution in [0.15, 0.2) is 59.7 Å². The van der Waals surface area contributed by atoms with Crippen molar-refractivity contribution < 1.29 is 18.3 Å². The predicted molar refractivity (Wildman–Crippen MR) is 139 cm³/mol. The molecule has 0 atom stereocenters. The summed E-state index contributed by atoms with van der Waals surface area (Å²) in [6.07, 6.45) is 6.17. The number of benzene rings is 1. The lowest BCUT2D eigenvalue weighted by molar-refractivity contribution is -0.0528. The normalized spacial score (nSPS) is 17.6. The third-order valence-corrected chi connectivity index (χ3v) is 7.15. The van der Waals surface area contributed by atoms with Gasteiger partial charge in [-0.3, -0.25) is 18.9 Å². The van der Waals surface area contributed by atoms with E-state index in [9.17, 15) is 18.4 Å². The Morgan fingerprint density at radius 3 is 2.53 bits per heavy atom. The third kappa shape index (κ3) is 5.40. The Kier molecular flexibility index (Phi) is 7.42. The van der Waals surface area contributed by atoms with Gasteiger partial charge in [-0.25, -0.2) is 9.78 Å². The van der Waals surface area contributed by atoms with Crippen LogP contribution in [0.4, 0.5) is 8.78 Å². The van der Waals surface area contributed by atoms with E-state index in [0.29, 0.717) is 34.0 Å². The van der Waals surface area contributed by atoms with Crippen LogP contribution in [0.2, 0.25) is 5.02 Å². The first-order valence-electron chi connectivity index (χ1n) is 12.3. The molecule has 11 heteroatoms. The monoisotopic (exact) mass is 541 g/mol. The van der Waals surface area contributed by atoms with Gasteiger partial charge in [-0.15, -0.1) is 0 Å². The minimum Gasteiger partial charge on any atom is -0.417 e. The Hall–Kier alpha value is -3.79. The number of ether oxygens (including phenoxy) is 1. The highest BCUT2D eigenvalue weighted by Gasteiger charge is 2.26. The number of hydrogen-bond acceptors (Lipinski definition) is 5. The summed E-state index contributed by atoms with van der Waals surface area (Å²) in [5.41, 5.74) is 2.82. The first kappa shape index (κ1) is 25.8. The van der Waals surface area contributed by atoms with Gasteiger partial charge >= 0.3 is 12.3 Å². The Bertz CT molecular complexity index is 1510. The van der Waals surface area contributed by atoms with Gasteiger partial charge in [0, 0.05) is 24.8 Å². The second-order valence-electron chi connectivity index (χ2n) is 9.43. The van der Waals surface area contributed by atoms with Crippen molar-refractivity contribution in [3.8, 4) is 11.6 Å². The average Bonchev–Trinajstić information content (AvgIpc) is 3.17. The van der Waals surface area contributed by atoms with Crippen molar-refractivity contribution in [1.82, 2.24) is 24.4 Å². The first-order chi connectivity index (χ1) is 18.3. The standard InChI is InChI=1S/C27H26ClF2N5O3/c1-16-21(12-18(28)13-31-16)25(36)33-19-8-6-17(7-9-19)15-34-22-4-2-3-5-23(22)35(27(34)37)20-10-11-24(32-14-20)38-26(29)30/h2-5,10-14,17,19,26H,6-9,15H2,1H3,(H,33,36)/t17-,19-. The Morgan fingerprint density at radius 1 is 1.11 bits per heavy atom. The van der Waals surface area contributed by atoms with Gasteiger partial charge < -0.3 is 10.1 Å². The average molecular weight is 542 g/mol. The number of amides is 1. The SMILES string of the molecule is Cc1ncc(Cl)cc1C(=O)N[C@H]1CC[C@H](Cn2c(=O)n(-c3ccc(OC(F)F)nc3)c3ccccc32)CC1. The molecule has 0 spiro atoms. The molecular formula is C27H26ClF2N5O3. The molecule has 1 amide bonds. The fourth-order valence-corrected chi connectivity index (χ4v) is 5.21.